The Kier molecular flexibility index (Phi) is 5.00. The molecule has 1 N–H and O–H groups in total. The van der Waals surface area contributed by atoms with Gasteiger partial charge in [-0.05, 0) is 32.1 Å². The van der Waals surface area contributed by atoms with Gasteiger partial charge in [0, 0.05) is 18.7 Å². The minimum Gasteiger partial charge on any atom is -0.494 e. The van der Waals surface area contributed by atoms with E-state index in [1.807, 2.05) is 13.8 Å². The lowest BCUT2D eigenvalue weighted by molar-refractivity contribution is -0.129. The van der Waals surface area contributed by atoms with Crippen LogP contribution in [-0.2, 0) is 9.59 Å². The average Bonchev–Trinajstić information content (AvgIpc) is 2.52. The number of carbonyl (C=O) groups is 3. The van der Waals surface area contributed by atoms with Gasteiger partial charge < -0.3 is 9.47 Å². The summed E-state index contributed by atoms with van der Waals surface area (Å²) in [4.78, 5) is 36.2. The maximum atomic E-state index is 12.1. The maximum absolute atomic E-state index is 12.1. The number of carbonyl (C=O) groups excluding carboxylic acids is 3. The Morgan fingerprint density at radius 1 is 1.13 bits per heavy atom. The molecule has 0 aromatic heterocycles. The van der Waals surface area contributed by atoms with Crippen molar-refractivity contribution in [1.29, 1.82) is 0 Å². The van der Waals surface area contributed by atoms with Crippen LogP contribution in [0.15, 0.2) is 23.8 Å². The van der Waals surface area contributed by atoms with Crippen LogP contribution in [0.1, 0.15) is 19.4 Å². The Balaban J connectivity index is 2.42. The monoisotopic (exact) mass is 318 g/mol. The van der Waals surface area contributed by atoms with Crippen molar-refractivity contribution in [3.05, 3.63) is 29.3 Å². The van der Waals surface area contributed by atoms with E-state index in [-0.39, 0.29) is 5.57 Å². The van der Waals surface area contributed by atoms with Crippen molar-refractivity contribution in [2.24, 2.45) is 0 Å². The number of likely N-dealkylation sites (N-methyl/N-ethyl adjacent to an activating group) is 1. The summed E-state index contributed by atoms with van der Waals surface area (Å²) in [5, 5.41) is 2.11. The number of imide groups is 2. The molecule has 7 heteroatoms. The van der Waals surface area contributed by atoms with E-state index in [4.69, 9.17) is 9.47 Å². The lowest BCUT2D eigenvalue weighted by atomic mass is 10.1. The third-order valence-corrected chi connectivity index (χ3v) is 3.20. The fraction of sp³-hybridized carbons (Fsp3) is 0.312. The topological polar surface area (TPSA) is 84.9 Å². The number of barbiturate groups is 1. The highest BCUT2D eigenvalue weighted by atomic mass is 16.5. The molecule has 23 heavy (non-hydrogen) atoms. The smallest absolute Gasteiger partial charge is 0.331 e. The summed E-state index contributed by atoms with van der Waals surface area (Å²) < 4.78 is 10.9. The van der Waals surface area contributed by atoms with Gasteiger partial charge in [-0.2, -0.15) is 0 Å². The minimum absolute atomic E-state index is 0.128. The first-order valence-electron chi connectivity index (χ1n) is 7.22. The summed E-state index contributed by atoms with van der Waals surface area (Å²) in [6, 6.07) is 4.37. The third-order valence-electron chi connectivity index (χ3n) is 3.20. The fourth-order valence-electron chi connectivity index (χ4n) is 2.07. The quantitative estimate of drug-likeness (QED) is 0.658. The molecule has 0 spiro atoms. The highest BCUT2D eigenvalue weighted by molar-refractivity contribution is 6.30. The molecule has 1 heterocycles. The molecule has 0 atom stereocenters. The molecule has 0 unspecified atom stereocenters. The van der Waals surface area contributed by atoms with Gasteiger partial charge >= 0.3 is 6.03 Å². The summed E-state index contributed by atoms with van der Waals surface area (Å²) in [6.45, 7) is 4.63. The molecule has 1 aromatic rings. The fourth-order valence-corrected chi connectivity index (χ4v) is 2.07. The maximum Gasteiger partial charge on any atom is 0.331 e. The molecule has 1 aromatic carbocycles. The molecule has 1 aliphatic rings. The Bertz CT molecular complexity index is 681. The van der Waals surface area contributed by atoms with E-state index in [9.17, 15) is 14.4 Å². The van der Waals surface area contributed by atoms with Crippen molar-refractivity contribution >= 4 is 23.9 Å². The van der Waals surface area contributed by atoms with Gasteiger partial charge in [0.1, 0.15) is 17.1 Å². The van der Waals surface area contributed by atoms with Crippen molar-refractivity contribution < 1.29 is 23.9 Å². The normalized spacial score (nSPS) is 16.6. The van der Waals surface area contributed by atoms with E-state index < -0.39 is 17.8 Å². The van der Waals surface area contributed by atoms with E-state index in [2.05, 4.69) is 5.32 Å². The predicted molar refractivity (Wildman–Crippen MR) is 83.1 cm³/mol. The van der Waals surface area contributed by atoms with Gasteiger partial charge in [-0.25, -0.2) is 4.79 Å². The molecule has 4 amide bonds. The number of hydrogen-bond acceptors (Lipinski definition) is 5. The Labute approximate surface area is 133 Å². The zero-order valence-corrected chi connectivity index (χ0v) is 13.2. The van der Waals surface area contributed by atoms with Gasteiger partial charge in [-0.3, -0.25) is 19.8 Å². The van der Waals surface area contributed by atoms with Crippen LogP contribution >= 0.6 is 0 Å². The van der Waals surface area contributed by atoms with Crippen molar-refractivity contribution in [2.45, 2.75) is 13.8 Å². The van der Waals surface area contributed by atoms with Gasteiger partial charge in [0.05, 0.1) is 13.2 Å². The number of hydrogen-bond donors (Lipinski definition) is 1. The Morgan fingerprint density at radius 2 is 1.83 bits per heavy atom. The van der Waals surface area contributed by atoms with Crippen molar-refractivity contribution in [2.75, 3.05) is 20.3 Å². The van der Waals surface area contributed by atoms with Crippen LogP contribution in [0.4, 0.5) is 4.79 Å². The zero-order chi connectivity index (χ0) is 17.0. The van der Waals surface area contributed by atoms with E-state index in [1.54, 1.807) is 18.2 Å². The highest BCUT2D eigenvalue weighted by Gasteiger charge is 2.33. The zero-order valence-electron chi connectivity index (χ0n) is 13.2. The van der Waals surface area contributed by atoms with Crippen molar-refractivity contribution in [3.8, 4) is 11.5 Å². The second-order valence-corrected chi connectivity index (χ2v) is 4.75. The van der Waals surface area contributed by atoms with Crippen LogP contribution in [0.3, 0.4) is 0 Å². The van der Waals surface area contributed by atoms with Crippen LogP contribution in [0, 0.1) is 0 Å². The number of amides is 4. The average molecular weight is 318 g/mol. The summed E-state index contributed by atoms with van der Waals surface area (Å²) in [5.41, 5.74) is 0.425. The standard InChI is InChI=1S/C16H18N2O5/c1-4-22-11-7-6-10(13(9-11)23-5-2)8-12-14(19)17-16(21)18(3)15(12)20/h6-9H,4-5H2,1-3H3,(H,17,19,21)/b12-8+. The number of benzene rings is 1. The first-order chi connectivity index (χ1) is 11.0. The van der Waals surface area contributed by atoms with Gasteiger partial charge in [0.15, 0.2) is 0 Å². The van der Waals surface area contributed by atoms with E-state index >= 15 is 0 Å². The molecule has 2 rings (SSSR count). The second-order valence-electron chi connectivity index (χ2n) is 4.75. The molecule has 0 radical (unpaired) electrons. The number of rotatable bonds is 5. The molecule has 122 valence electrons. The number of nitrogens with one attached hydrogen (secondary N) is 1. The van der Waals surface area contributed by atoms with Crippen LogP contribution in [0.25, 0.3) is 6.08 Å². The third kappa shape index (κ3) is 3.50. The van der Waals surface area contributed by atoms with Crippen molar-refractivity contribution in [1.82, 2.24) is 10.2 Å². The SMILES string of the molecule is CCOc1ccc(/C=C2\C(=O)NC(=O)N(C)C2=O)c(OCC)c1. The molecule has 1 saturated heterocycles. The lowest BCUT2D eigenvalue weighted by Gasteiger charge is -2.22. The molecule has 0 saturated carbocycles. The number of urea groups is 1. The molecular formula is C16H18N2O5. The number of ether oxygens (including phenoxy) is 2. The van der Waals surface area contributed by atoms with E-state index in [1.165, 1.54) is 13.1 Å². The molecule has 0 bridgehead atoms. The lowest BCUT2D eigenvalue weighted by Crippen LogP contribution is -2.52. The summed E-state index contributed by atoms with van der Waals surface area (Å²) in [7, 11) is 1.31. The van der Waals surface area contributed by atoms with Gasteiger partial charge in [0.25, 0.3) is 11.8 Å². The Morgan fingerprint density at radius 3 is 2.48 bits per heavy atom. The first kappa shape index (κ1) is 16.5. The van der Waals surface area contributed by atoms with Gasteiger partial charge in [0.2, 0.25) is 0 Å². The Hall–Kier alpha value is -2.83. The number of nitrogens with zero attached hydrogens (tertiary/aromatic N) is 1. The molecule has 7 nitrogen and oxygen atoms in total. The van der Waals surface area contributed by atoms with Gasteiger partial charge in [-0.1, -0.05) is 0 Å². The van der Waals surface area contributed by atoms with Crippen LogP contribution < -0.4 is 14.8 Å². The molecule has 1 fully saturated rings. The summed E-state index contributed by atoms with van der Waals surface area (Å²) in [6.07, 6.45) is 1.40. The summed E-state index contributed by atoms with van der Waals surface area (Å²) >= 11 is 0. The van der Waals surface area contributed by atoms with Crippen LogP contribution in [0.2, 0.25) is 0 Å². The highest BCUT2D eigenvalue weighted by Crippen LogP contribution is 2.28. The molecule has 0 aliphatic carbocycles. The minimum atomic E-state index is -0.742. The second kappa shape index (κ2) is 6.95. The molecule has 1 aliphatic heterocycles. The van der Waals surface area contributed by atoms with E-state index in [0.29, 0.717) is 30.3 Å². The van der Waals surface area contributed by atoms with Gasteiger partial charge in [-0.15, -0.1) is 0 Å². The largest absolute Gasteiger partial charge is 0.494 e. The van der Waals surface area contributed by atoms with Crippen LogP contribution in [0.5, 0.6) is 11.5 Å². The molecular weight excluding hydrogens is 300 g/mol. The summed E-state index contributed by atoms with van der Waals surface area (Å²) in [5.74, 6) is -0.263. The van der Waals surface area contributed by atoms with E-state index in [0.717, 1.165) is 4.90 Å². The van der Waals surface area contributed by atoms with Crippen molar-refractivity contribution in [3.63, 3.8) is 0 Å². The first-order valence-corrected chi connectivity index (χ1v) is 7.22. The van der Waals surface area contributed by atoms with Crippen LogP contribution in [-0.4, -0.2) is 43.0 Å². The predicted octanol–water partition coefficient (Wildman–Crippen LogP) is 1.58.